The van der Waals surface area contributed by atoms with Crippen molar-refractivity contribution in [1.29, 1.82) is 15.8 Å². The molecule has 0 radical (unpaired) electrons. The van der Waals surface area contributed by atoms with Crippen molar-refractivity contribution in [1.82, 2.24) is 0 Å². The van der Waals surface area contributed by atoms with Crippen LogP contribution in [0.2, 0.25) is 0 Å². The first-order valence-electron chi connectivity index (χ1n) is 17.3. The topological polar surface area (TPSA) is 113 Å². The first kappa shape index (κ1) is 39.5. The third kappa shape index (κ3) is 9.14. The van der Waals surface area contributed by atoms with E-state index in [-0.39, 0.29) is 12.2 Å². The SMILES string of the molecule is CCCCN(CCCC)c1ccc(/C=C/c2ccc(/C=C/C3=C(C#N)C(=C(C#N)C#N)OC3(c3ccccc3)C(F)(F)F)s2)c(OCCCCO)c1. The summed E-state index contributed by atoms with van der Waals surface area (Å²) in [6.07, 6.45) is 7.11. The molecule has 0 aliphatic carbocycles. The van der Waals surface area contributed by atoms with E-state index >= 15 is 13.2 Å². The Labute approximate surface area is 307 Å². The zero-order valence-corrected chi connectivity index (χ0v) is 30.1. The summed E-state index contributed by atoms with van der Waals surface area (Å²) >= 11 is 1.33. The molecule has 2 aromatic carbocycles. The average molecular weight is 727 g/mol. The maximum absolute atomic E-state index is 15.1. The molecule has 4 rings (SSSR count). The zero-order chi connectivity index (χ0) is 37.6. The molecule has 0 bridgehead atoms. The molecule has 1 aliphatic heterocycles. The van der Waals surface area contributed by atoms with Crippen LogP contribution in [-0.2, 0) is 10.3 Å². The smallest absolute Gasteiger partial charge is 0.437 e. The Kier molecular flexibility index (Phi) is 14.3. The number of aliphatic hydroxyl groups excluding tert-OH is 1. The number of rotatable bonds is 17. The monoisotopic (exact) mass is 726 g/mol. The largest absolute Gasteiger partial charge is 0.493 e. The standard InChI is InChI=1S/C41H41F3N4O3S/c1-3-5-22-48(23-6-4-2)33-16-14-30(38(26-33)50-25-11-10-24-49)15-17-34-18-19-35(52-34)20-21-37-36(29-47)39(31(27-45)28-46)51-40(37,41(42,43)44)32-12-8-7-9-13-32/h7-9,12-21,26,49H,3-6,10-11,22-25H2,1-2H3/b17-15+,21-20+. The number of hydrogen-bond donors (Lipinski definition) is 1. The van der Waals surface area contributed by atoms with Gasteiger partial charge in [-0.3, -0.25) is 0 Å². The fraction of sp³-hybridized carbons (Fsp3) is 0.341. The van der Waals surface area contributed by atoms with Gasteiger partial charge in [-0.15, -0.1) is 11.3 Å². The van der Waals surface area contributed by atoms with Crippen molar-refractivity contribution in [3.8, 4) is 24.0 Å². The van der Waals surface area contributed by atoms with E-state index in [1.54, 1.807) is 30.3 Å². The Balaban J connectivity index is 1.70. The number of nitriles is 3. The van der Waals surface area contributed by atoms with Gasteiger partial charge in [0.05, 0.1) is 6.61 Å². The van der Waals surface area contributed by atoms with Crippen molar-refractivity contribution in [2.75, 3.05) is 31.2 Å². The molecule has 7 nitrogen and oxygen atoms in total. The van der Waals surface area contributed by atoms with Crippen LogP contribution < -0.4 is 9.64 Å². The van der Waals surface area contributed by atoms with Gasteiger partial charge in [0.15, 0.2) is 11.3 Å². The van der Waals surface area contributed by atoms with Crippen molar-refractivity contribution < 1.29 is 27.8 Å². The van der Waals surface area contributed by atoms with Gasteiger partial charge in [0.2, 0.25) is 0 Å². The lowest BCUT2D eigenvalue weighted by Gasteiger charge is -2.33. The second-order valence-electron chi connectivity index (χ2n) is 12.1. The third-order valence-electron chi connectivity index (χ3n) is 8.50. The minimum Gasteiger partial charge on any atom is -0.493 e. The molecular weight excluding hydrogens is 686 g/mol. The van der Waals surface area contributed by atoms with Crippen molar-refractivity contribution in [3.63, 3.8) is 0 Å². The first-order valence-corrected chi connectivity index (χ1v) is 18.1. The van der Waals surface area contributed by atoms with E-state index in [2.05, 4.69) is 30.9 Å². The van der Waals surface area contributed by atoms with Gasteiger partial charge in [0, 0.05) is 57.9 Å². The highest BCUT2D eigenvalue weighted by atomic mass is 32.1. The van der Waals surface area contributed by atoms with Crippen LogP contribution in [0, 0.1) is 34.0 Å². The first-order chi connectivity index (χ1) is 25.2. The van der Waals surface area contributed by atoms with Gasteiger partial charge < -0.3 is 19.5 Å². The van der Waals surface area contributed by atoms with E-state index in [9.17, 15) is 20.9 Å². The van der Waals surface area contributed by atoms with Gasteiger partial charge in [-0.05, 0) is 68.2 Å². The number of alkyl halides is 3. The molecule has 52 heavy (non-hydrogen) atoms. The fourth-order valence-corrected chi connectivity index (χ4v) is 6.58. The van der Waals surface area contributed by atoms with E-state index < -0.39 is 34.3 Å². The molecular formula is C41H41F3N4O3S. The maximum atomic E-state index is 15.1. The van der Waals surface area contributed by atoms with Gasteiger partial charge >= 0.3 is 6.18 Å². The number of halogens is 3. The normalized spacial score (nSPS) is 15.8. The molecule has 1 N–H and O–H groups in total. The van der Waals surface area contributed by atoms with Crippen molar-refractivity contribution in [2.45, 2.75) is 64.1 Å². The minimum absolute atomic E-state index is 0.0946. The molecule has 0 amide bonds. The molecule has 1 atom stereocenters. The average Bonchev–Trinajstić information content (AvgIpc) is 3.75. The molecule has 0 spiro atoms. The molecule has 0 saturated heterocycles. The van der Waals surface area contributed by atoms with Gasteiger partial charge in [-0.2, -0.15) is 29.0 Å². The highest BCUT2D eigenvalue weighted by Gasteiger charge is 2.65. The molecule has 270 valence electrons. The summed E-state index contributed by atoms with van der Waals surface area (Å²) in [7, 11) is 0. The van der Waals surface area contributed by atoms with Crippen molar-refractivity contribution >= 4 is 35.3 Å². The Morgan fingerprint density at radius 1 is 0.885 bits per heavy atom. The predicted octanol–water partition coefficient (Wildman–Crippen LogP) is 10.1. The second kappa shape index (κ2) is 18.8. The molecule has 1 unspecified atom stereocenters. The summed E-state index contributed by atoms with van der Waals surface area (Å²) in [4.78, 5) is 3.80. The van der Waals surface area contributed by atoms with Gasteiger partial charge in [0.25, 0.3) is 5.60 Å². The summed E-state index contributed by atoms with van der Waals surface area (Å²) in [5, 5.41) is 38.2. The Morgan fingerprint density at radius 2 is 1.54 bits per heavy atom. The van der Waals surface area contributed by atoms with Gasteiger partial charge in [-0.1, -0.05) is 63.1 Å². The van der Waals surface area contributed by atoms with Crippen LogP contribution in [-0.4, -0.2) is 37.6 Å². The molecule has 1 aromatic heterocycles. The minimum atomic E-state index is -5.06. The lowest BCUT2D eigenvalue weighted by atomic mass is 9.84. The molecule has 11 heteroatoms. The van der Waals surface area contributed by atoms with E-state index in [1.807, 2.05) is 24.3 Å². The number of benzene rings is 2. The Hall–Kier alpha value is -5.28. The van der Waals surface area contributed by atoms with Crippen LogP contribution in [0.4, 0.5) is 18.9 Å². The van der Waals surface area contributed by atoms with E-state index in [0.717, 1.165) is 60.7 Å². The van der Waals surface area contributed by atoms with E-state index in [4.69, 9.17) is 9.47 Å². The number of allylic oxidation sites excluding steroid dienone is 2. The number of aliphatic hydroxyl groups is 1. The van der Waals surface area contributed by atoms with Crippen LogP contribution in [0.25, 0.3) is 18.2 Å². The van der Waals surface area contributed by atoms with E-state index in [1.165, 1.54) is 47.8 Å². The number of nitrogens with zero attached hydrogens (tertiary/aromatic N) is 4. The fourth-order valence-electron chi connectivity index (χ4n) is 5.76. The molecule has 0 fully saturated rings. The summed E-state index contributed by atoms with van der Waals surface area (Å²) in [6, 6.07) is 21.5. The molecule has 3 aromatic rings. The van der Waals surface area contributed by atoms with Crippen LogP contribution >= 0.6 is 11.3 Å². The molecule has 1 aliphatic rings. The predicted molar refractivity (Wildman–Crippen MR) is 199 cm³/mol. The maximum Gasteiger partial charge on any atom is 0.437 e. The summed E-state index contributed by atoms with van der Waals surface area (Å²) in [6.45, 7) is 6.80. The van der Waals surface area contributed by atoms with Crippen molar-refractivity contribution in [2.24, 2.45) is 0 Å². The van der Waals surface area contributed by atoms with Gasteiger partial charge in [0.1, 0.15) is 29.5 Å². The second-order valence-corrected chi connectivity index (χ2v) is 13.2. The quantitative estimate of drug-likeness (QED) is 0.109. The lowest BCUT2D eigenvalue weighted by Crippen LogP contribution is -2.43. The number of unbranched alkanes of at least 4 members (excludes halogenated alkanes) is 3. The summed E-state index contributed by atoms with van der Waals surface area (Å²) in [5.74, 6) is 0.0170. The highest BCUT2D eigenvalue weighted by molar-refractivity contribution is 7.13. The van der Waals surface area contributed by atoms with Crippen LogP contribution in [0.3, 0.4) is 0 Å². The number of anilines is 1. The Morgan fingerprint density at radius 3 is 2.12 bits per heavy atom. The number of ether oxygens (including phenoxy) is 2. The molecule has 2 heterocycles. The van der Waals surface area contributed by atoms with E-state index in [0.29, 0.717) is 24.3 Å². The third-order valence-corrected chi connectivity index (χ3v) is 9.51. The highest BCUT2D eigenvalue weighted by Crippen LogP contribution is 2.56. The number of thiophene rings is 1. The summed E-state index contributed by atoms with van der Waals surface area (Å²) in [5.41, 5.74) is -3.26. The van der Waals surface area contributed by atoms with Crippen molar-refractivity contribution in [3.05, 3.63) is 110 Å². The van der Waals surface area contributed by atoms with Gasteiger partial charge in [-0.25, -0.2) is 0 Å². The van der Waals surface area contributed by atoms with Crippen LogP contribution in [0.1, 0.15) is 73.3 Å². The lowest BCUT2D eigenvalue weighted by molar-refractivity contribution is -0.249. The van der Waals surface area contributed by atoms with Crippen LogP contribution in [0.5, 0.6) is 5.75 Å². The Bertz CT molecular complexity index is 1900. The number of hydrogen-bond acceptors (Lipinski definition) is 8. The van der Waals surface area contributed by atoms with Crippen LogP contribution in [0.15, 0.2) is 89.2 Å². The zero-order valence-electron chi connectivity index (χ0n) is 29.2. The molecule has 0 saturated carbocycles. The summed E-state index contributed by atoms with van der Waals surface area (Å²) < 4.78 is 57.0.